The third-order valence-corrected chi connectivity index (χ3v) is 12.7. The lowest BCUT2D eigenvalue weighted by Gasteiger charge is -2.28. The molecule has 1 aliphatic carbocycles. The van der Waals surface area contributed by atoms with Crippen molar-refractivity contribution >= 4 is 60.9 Å². The summed E-state index contributed by atoms with van der Waals surface area (Å²) in [7, 11) is 0. The fourth-order valence-corrected chi connectivity index (χ4v) is 9.65. The first-order valence-corrected chi connectivity index (χ1v) is 20.7. The Morgan fingerprint density at radius 2 is 0.850 bits per heavy atom. The van der Waals surface area contributed by atoms with E-state index in [1.807, 2.05) is 0 Å². The predicted molar refractivity (Wildman–Crippen MR) is 250 cm³/mol. The standard InChI is InChI=1S/C57H39NO2/c1-57(2)50-18-10-9-16-45(50)46-30-28-42(32-51(46)57)58(41-26-24-39(25-27-41)38-22-20-37(21-23-38)36-12-5-3-6-13-36)43-29-31-47-48-34-55-49(35-54(48)60-53(47)33-43)56-44(17-11-19-52(56)59-55)40-14-7-4-8-15-40/h3-35H,1-2H3. The number of fused-ring (bicyclic) bond motifs is 9. The maximum absolute atomic E-state index is 6.79. The first kappa shape index (κ1) is 34.4. The maximum Gasteiger partial charge on any atom is 0.137 e. The predicted octanol–water partition coefficient (Wildman–Crippen LogP) is 16.3. The van der Waals surface area contributed by atoms with Crippen molar-refractivity contribution in [1.29, 1.82) is 0 Å². The third-order valence-electron chi connectivity index (χ3n) is 12.7. The van der Waals surface area contributed by atoms with Gasteiger partial charge >= 0.3 is 0 Å². The van der Waals surface area contributed by atoms with Gasteiger partial charge in [0.2, 0.25) is 0 Å². The molecular weight excluding hydrogens is 731 g/mol. The lowest BCUT2D eigenvalue weighted by atomic mass is 9.82. The van der Waals surface area contributed by atoms with Crippen molar-refractivity contribution in [2.24, 2.45) is 0 Å². The van der Waals surface area contributed by atoms with E-state index in [2.05, 4.69) is 219 Å². The molecule has 12 rings (SSSR count). The van der Waals surface area contributed by atoms with E-state index in [0.29, 0.717) is 0 Å². The van der Waals surface area contributed by atoms with E-state index >= 15 is 0 Å². The van der Waals surface area contributed by atoms with E-state index in [1.54, 1.807) is 0 Å². The van der Waals surface area contributed by atoms with Crippen LogP contribution in [0.2, 0.25) is 0 Å². The summed E-state index contributed by atoms with van der Waals surface area (Å²) in [6, 6.07) is 71.8. The smallest absolute Gasteiger partial charge is 0.137 e. The molecule has 3 nitrogen and oxygen atoms in total. The van der Waals surface area contributed by atoms with Gasteiger partial charge < -0.3 is 13.7 Å². The molecule has 0 spiro atoms. The molecule has 2 heterocycles. The van der Waals surface area contributed by atoms with Gasteiger partial charge in [-0.15, -0.1) is 0 Å². The molecule has 9 aromatic carbocycles. The van der Waals surface area contributed by atoms with Gasteiger partial charge in [0.1, 0.15) is 22.3 Å². The fourth-order valence-electron chi connectivity index (χ4n) is 9.65. The number of anilines is 3. The highest BCUT2D eigenvalue weighted by atomic mass is 16.3. The van der Waals surface area contributed by atoms with Gasteiger partial charge in [-0.25, -0.2) is 0 Å². The van der Waals surface area contributed by atoms with Crippen molar-refractivity contribution in [3.05, 3.63) is 211 Å². The molecule has 0 fully saturated rings. The molecule has 11 aromatic rings. The average molecular weight is 770 g/mol. The molecule has 2 aromatic heterocycles. The average Bonchev–Trinajstić information content (AvgIpc) is 3.93. The second-order valence-electron chi connectivity index (χ2n) is 16.5. The minimum Gasteiger partial charge on any atom is -0.456 e. The van der Waals surface area contributed by atoms with Crippen LogP contribution < -0.4 is 4.90 Å². The van der Waals surface area contributed by atoms with E-state index in [0.717, 1.165) is 72.1 Å². The first-order valence-electron chi connectivity index (χ1n) is 20.7. The van der Waals surface area contributed by atoms with Crippen molar-refractivity contribution in [2.45, 2.75) is 19.3 Å². The van der Waals surface area contributed by atoms with Crippen LogP contribution in [0, 0.1) is 0 Å². The molecule has 0 aliphatic heterocycles. The van der Waals surface area contributed by atoms with E-state index in [1.165, 1.54) is 44.5 Å². The topological polar surface area (TPSA) is 29.5 Å². The van der Waals surface area contributed by atoms with E-state index in [9.17, 15) is 0 Å². The van der Waals surface area contributed by atoms with Crippen molar-refractivity contribution in [3.63, 3.8) is 0 Å². The molecule has 3 heteroatoms. The maximum atomic E-state index is 6.79. The van der Waals surface area contributed by atoms with Gasteiger partial charge in [0, 0.05) is 50.1 Å². The summed E-state index contributed by atoms with van der Waals surface area (Å²) in [5.41, 5.74) is 18.9. The Balaban J connectivity index is 0.981. The summed E-state index contributed by atoms with van der Waals surface area (Å²) in [6.45, 7) is 4.68. The van der Waals surface area contributed by atoms with Gasteiger partial charge in [0.15, 0.2) is 0 Å². The van der Waals surface area contributed by atoms with E-state index in [4.69, 9.17) is 8.83 Å². The summed E-state index contributed by atoms with van der Waals surface area (Å²) >= 11 is 0. The quantitative estimate of drug-likeness (QED) is 0.169. The zero-order chi connectivity index (χ0) is 40.0. The van der Waals surface area contributed by atoms with Crippen LogP contribution in [-0.4, -0.2) is 0 Å². The Morgan fingerprint density at radius 3 is 1.60 bits per heavy atom. The van der Waals surface area contributed by atoms with Crippen molar-refractivity contribution in [1.82, 2.24) is 0 Å². The van der Waals surface area contributed by atoms with Crippen LogP contribution in [0.4, 0.5) is 17.1 Å². The van der Waals surface area contributed by atoms with Gasteiger partial charge in [-0.3, -0.25) is 0 Å². The molecular formula is C57H39NO2. The Morgan fingerprint density at radius 1 is 0.333 bits per heavy atom. The van der Waals surface area contributed by atoms with Crippen LogP contribution in [0.5, 0.6) is 0 Å². The normalized spacial score (nSPS) is 13.0. The molecule has 284 valence electrons. The zero-order valence-corrected chi connectivity index (χ0v) is 33.3. The Labute approximate surface area is 348 Å². The molecule has 0 unspecified atom stereocenters. The molecule has 0 amide bonds. The van der Waals surface area contributed by atoms with Crippen LogP contribution in [0.3, 0.4) is 0 Å². The van der Waals surface area contributed by atoms with E-state index < -0.39 is 0 Å². The molecule has 0 N–H and O–H groups in total. The van der Waals surface area contributed by atoms with Crippen molar-refractivity contribution in [2.75, 3.05) is 4.90 Å². The monoisotopic (exact) mass is 769 g/mol. The number of hydrogen-bond donors (Lipinski definition) is 0. The highest BCUT2D eigenvalue weighted by Crippen LogP contribution is 2.51. The molecule has 0 atom stereocenters. The molecule has 0 radical (unpaired) electrons. The summed E-state index contributed by atoms with van der Waals surface area (Å²) < 4.78 is 13.3. The minimum absolute atomic E-state index is 0.131. The SMILES string of the molecule is CC1(C)c2ccccc2-c2ccc(N(c3ccc(-c4ccc(-c5ccccc5)cc4)cc3)c3ccc4c(c3)oc3cc5c(cc34)oc3cccc(-c4ccccc4)c35)cc21. The first-order chi connectivity index (χ1) is 29.5. The van der Waals surface area contributed by atoms with Gasteiger partial charge in [-0.2, -0.15) is 0 Å². The number of hydrogen-bond acceptors (Lipinski definition) is 3. The van der Waals surface area contributed by atoms with Gasteiger partial charge in [0.25, 0.3) is 0 Å². The summed E-state index contributed by atoms with van der Waals surface area (Å²) in [6.07, 6.45) is 0. The molecule has 0 saturated carbocycles. The Bertz CT molecular complexity index is 3430. The number of nitrogens with zero attached hydrogens (tertiary/aromatic N) is 1. The Hall–Kier alpha value is -7.62. The second kappa shape index (κ2) is 13.2. The molecule has 0 saturated heterocycles. The van der Waals surface area contributed by atoms with Crippen LogP contribution >= 0.6 is 0 Å². The molecule has 0 bridgehead atoms. The lowest BCUT2D eigenvalue weighted by Crippen LogP contribution is -2.16. The van der Waals surface area contributed by atoms with Crippen LogP contribution in [0.25, 0.3) is 88.4 Å². The largest absolute Gasteiger partial charge is 0.456 e. The van der Waals surface area contributed by atoms with Crippen LogP contribution in [-0.2, 0) is 5.41 Å². The highest BCUT2D eigenvalue weighted by Gasteiger charge is 2.35. The number of benzene rings is 9. The minimum atomic E-state index is -0.131. The number of furan rings is 2. The fraction of sp³-hybridized carbons (Fsp3) is 0.0526. The van der Waals surface area contributed by atoms with E-state index in [-0.39, 0.29) is 5.41 Å². The van der Waals surface area contributed by atoms with Gasteiger partial charge in [-0.1, -0.05) is 153 Å². The highest BCUT2D eigenvalue weighted by molar-refractivity contribution is 6.18. The van der Waals surface area contributed by atoms with Crippen LogP contribution in [0.15, 0.2) is 209 Å². The van der Waals surface area contributed by atoms with Gasteiger partial charge in [0.05, 0.1) is 0 Å². The molecule has 1 aliphatic rings. The zero-order valence-electron chi connectivity index (χ0n) is 33.3. The Kier molecular flexibility index (Phi) is 7.58. The third kappa shape index (κ3) is 5.36. The summed E-state index contributed by atoms with van der Waals surface area (Å²) in [5.74, 6) is 0. The van der Waals surface area contributed by atoms with Crippen molar-refractivity contribution in [3.8, 4) is 44.5 Å². The second-order valence-corrected chi connectivity index (χ2v) is 16.5. The summed E-state index contributed by atoms with van der Waals surface area (Å²) in [4.78, 5) is 2.36. The van der Waals surface area contributed by atoms with Crippen LogP contribution in [0.1, 0.15) is 25.0 Å². The summed E-state index contributed by atoms with van der Waals surface area (Å²) in [5, 5.41) is 4.24. The van der Waals surface area contributed by atoms with Crippen molar-refractivity contribution < 1.29 is 8.83 Å². The number of rotatable bonds is 6. The lowest BCUT2D eigenvalue weighted by molar-refractivity contribution is 0.660. The molecule has 60 heavy (non-hydrogen) atoms. The van der Waals surface area contributed by atoms with Gasteiger partial charge in [-0.05, 0) is 110 Å².